The van der Waals surface area contributed by atoms with Crippen LogP contribution in [0.15, 0.2) is 49.1 Å². The second-order valence-corrected chi connectivity index (χ2v) is 7.26. The third-order valence-corrected chi connectivity index (χ3v) is 5.07. The summed E-state index contributed by atoms with van der Waals surface area (Å²) in [6, 6.07) is 5.66. The Labute approximate surface area is 154 Å². The van der Waals surface area contributed by atoms with Crippen LogP contribution in [0, 0.1) is 17.0 Å². The highest BCUT2D eigenvalue weighted by atomic mass is 19.1. The van der Waals surface area contributed by atoms with E-state index in [1.54, 1.807) is 12.3 Å². The molecule has 1 aliphatic carbocycles. The van der Waals surface area contributed by atoms with E-state index in [-0.39, 0.29) is 17.4 Å². The molecular weight excluding hydrogens is 352 g/mol. The summed E-state index contributed by atoms with van der Waals surface area (Å²) in [6.07, 6.45) is 6.09. The van der Waals surface area contributed by atoms with Gasteiger partial charge in [-0.3, -0.25) is 14.8 Å². The van der Waals surface area contributed by atoms with Crippen LogP contribution in [0.3, 0.4) is 0 Å². The molecule has 138 valence electrons. The van der Waals surface area contributed by atoms with Crippen molar-refractivity contribution in [2.45, 2.75) is 25.7 Å². The summed E-state index contributed by atoms with van der Waals surface area (Å²) in [5.41, 5.74) is -0.918. The summed E-state index contributed by atoms with van der Waals surface area (Å²) >= 11 is 0. The number of anilines is 1. The van der Waals surface area contributed by atoms with Gasteiger partial charge >= 0.3 is 0 Å². The van der Waals surface area contributed by atoms with Crippen LogP contribution in [0.4, 0.5) is 14.6 Å². The molecule has 8 heteroatoms. The van der Waals surface area contributed by atoms with Crippen molar-refractivity contribution in [3.63, 3.8) is 0 Å². The number of hydrogen-bond donors (Lipinski definition) is 1. The Hall–Kier alpha value is -3.16. The standard InChI is InChI=1S/C19H17F2N5O/c1-18(2)11-19(18,16-14(21)4-3-6-23-16)17(27)24-15-5-7-26(25-15)13-8-12(20)9-22-10-13/h3-10H,11H2,1-2H3,(H,24,25,27). The number of amides is 1. The Balaban J connectivity index is 1.62. The number of aromatic nitrogens is 4. The highest BCUT2D eigenvalue weighted by Crippen LogP contribution is 2.64. The Morgan fingerprint density at radius 1 is 1.26 bits per heavy atom. The molecule has 6 nitrogen and oxygen atoms in total. The molecule has 1 amide bonds. The summed E-state index contributed by atoms with van der Waals surface area (Å²) < 4.78 is 29.1. The molecule has 1 N–H and O–H groups in total. The van der Waals surface area contributed by atoms with E-state index in [4.69, 9.17) is 0 Å². The molecule has 0 aliphatic heterocycles. The zero-order valence-electron chi connectivity index (χ0n) is 14.8. The molecule has 3 heterocycles. The van der Waals surface area contributed by atoms with Crippen LogP contribution in [0.5, 0.6) is 0 Å². The lowest BCUT2D eigenvalue weighted by Gasteiger charge is -2.19. The van der Waals surface area contributed by atoms with Crippen molar-refractivity contribution in [1.82, 2.24) is 19.7 Å². The number of carbonyl (C=O) groups excluding carboxylic acids is 1. The van der Waals surface area contributed by atoms with Gasteiger partial charge in [0, 0.05) is 24.5 Å². The van der Waals surface area contributed by atoms with E-state index in [2.05, 4.69) is 20.4 Å². The molecule has 0 aromatic carbocycles. The summed E-state index contributed by atoms with van der Waals surface area (Å²) in [5.74, 6) is -1.08. The molecule has 3 aromatic heterocycles. The van der Waals surface area contributed by atoms with Crippen molar-refractivity contribution in [3.05, 3.63) is 66.4 Å². The minimum absolute atomic E-state index is 0.140. The number of halogens is 2. The van der Waals surface area contributed by atoms with Crippen molar-refractivity contribution in [3.8, 4) is 5.69 Å². The smallest absolute Gasteiger partial charge is 0.238 e. The third-order valence-electron chi connectivity index (χ3n) is 5.07. The number of hydrogen-bond acceptors (Lipinski definition) is 4. The Morgan fingerprint density at radius 3 is 2.70 bits per heavy atom. The number of carbonyl (C=O) groups is 1. The van der Waals surface area contributed by atoms with Crippen LogP contribution in [0.25, 0.3) is 5.69 Å². The van der Waals surface area contributed by atoms with Gasteiger partial charge in [-0.25, -0.2) is 13.5 Å². The van der Waals surface area contributed by atoms with Crippen LogP contribution in [0.1, 0.15) is 26.0 Å². The van der Waals surface area contributed by atoms with E-state index < -0.39 is 22.5 Å². The topological polar surface area (TPSA) is 72.7 Å². The maximum absolute atomic E-state index is 14.3. The summed E-state index contributed by atoms with van der Waals surface area (Å²) in [5, 5.41) is 6.97. The predicted octanol–water partition coefficient (Wildman–Crippen LogP) is 3.25. The molecule has 1 aliphatic rings. The normalized spacial score (nSPS) is 20.3. The lowest BCUT2D eigenvalue weighted by molar-refractivity contribution is -0.119. The lowest BCUT2D eigenvalue weighted by atomic mass is 9.90. The zero-order valence-corrected chi connectivity index (χ0v) is 14.8. The number of rotatable bonds is 4. The molecule has 27 heavy (non-hydrogen) atoms. The molecule has 0 radical (unpaired) electrons. The minimum atomic E-state index is -1.05. The van der Waals surface area contributed by atoms with Crippen LogP contribution in [-0.2, 0) is 10.2 Å². The Morgan fingerprint density at radius 2 is 2.04 bits per heavy atom. The highest BCUT2D eigenvalue weighted by Gasteiger charge is 2.69. The molecule has 1 saturated carbocycles. The van der Waals surface area contributed by atoms with E-state index in [1.165, 1.54) is 35.3 Å². The van der Waals surface area contributed by atoms with Gasteiger partial charge in [-0.2, -0.15) is 5.10 Å². The lowest BCUT2D eigenvalue weighted by Crippen LogP contribution is -2.34. The van der Waals surface area contributed by atoms with Gasteiger partial charge in [0.2, 0.25) is 5.91 Å². The minimum Gasteiger partial charge on any atom is -0.308 e. The fraction of sp³-hybridized carbons (Fsp3) is 0.263. The van der Waals surface area contributed by atoms with Gasteiger partial charge in [-0.05, 0) is 24.0 Å². The fourth-order valence-corrected chi connectivity index (χ4v) is 3.50. The molecule has 0 spiro atoms. The molecule has 1 unspecified atom stereocenters. The first-order chi connectivity index (χ1) is 12.8. The molecule has 3 aromatic rings. The number of pyridine rings is 2. The van der Waals surface area contributed by atoms with E-state index in [0.717, 1.165) is 6.20 Å². The predicted molar refractivity (Wildman–Crippen MR) is 94.2 cm³/mol. The van der Waals surface area contributed by atoms with Gasteiger partial charge in [-0.1, -0.05) is 13.8 Å². The van der Waals surface area contributed by atoms with Gasteiger partial charge in [-0.15, -0.1) is 0 Å². The first-order valence-electron chi connectivity index (χ1n) is 8.42. The third kappa shape index (κ3) is 2.77. The van der Waals surface area contributed by atoms with Crippen LogP contribution >= 0.6 is 0 Å². The first kappa shape index (κ1) is 17.3. The zero-order chi connectivity index (χ0) is 19.2. The van der Waals surface area contributed by atoms with Crippen LogP contribution < -0.4 is 5.32 Å². The van der Waals surface area contributed by atoms with Crippen molar-refractivity contribution in [2.24, 2.45) is 5.41 Å². The molecular formula is C19H17F2N5O. The first-order valence-corrected chi connectivity index (χ1v) is 8.42. The summed E-state index contributed by atoms with van der Waals surface area (Å²) in [7, 11) is 0. The van der Waals surface area contributed by atoms with Gasteiger partial charge in [0.1, 0.15) is 17.0 Å². The van der Waals surface area contributed by atoms with Crippen LogP contribution in [0.2, 0.25) is 0 Å². The monoisotopic (exact) mass is 369 g/mol. The molecule has 1 fully saturated rings. The van der Waals surface area contributed by atoms with E-state index in [9.17, 15) is 13.6 Å². The SMILES string of the molecule is CC1(C)CC1(C(=O)Nc1ccn(-c2cncc(F)c2)n1)c1ncccc1F. The molecule has 0 bridgehead atoms. The highest BCUT2D eigenvalue weighted by molar-refractivity contribution is 6.01. The van der Waals surface area contributed by atoms with Crippen molar-refractivity contribution >= 4 is 11.7 Å². The maximum Gasteiger partial charge on any atom is 0.238 e. The van der Waals surface area contributed by atoms with Gasteiger partial charge in [0.05, 0.1) is 23.8 Å². The fourth-order valence-electron chi connectivity index (χ4n) is 3.50. The summed E-state index contributed by atoms with van der Waals surface area (Å²) in [4.78, 5) is 20.9. The average molecular weight is 369 g/mol. The molecule has 4 rings (SSSR count). The average Bonchev–Trinajstić information content (AvgIpc) is 2.98. The number of nitrogens with one attached hydrogen (secondary N) is 1. The Kier molecular flexibility index (Phi) is 3.80. The maximum atomic E-state index is 14.3. The number of nitrogens with zero attached hydrogens (tertiary/aromatic N) is 4. The van der Waals surface area contributed by atoms with E-state index in [0.29, 0.717) is 12.1 Å². The van der Waals surface area contributed by atoms with Crippen molar-refractivity contribution < 1.29 is 13.6 Å². The van der Waals surface area contributed by atoms with Gasteiger partial charge in [0.25, 0.3) is 0 Å². The van der Waals surface area contributed by atoms with E-state index in [1.807, 2.05) is 13.8 Å². The second kappa shape index (κ2) is 5.94. The largest absolute Gasteiger partial charge is 0.308 e. The second-order valence-electron chi connectivity index (χ2n) is 7.26. The van der Waals surface area contributed by atoms with Gasteiger partial charge in [0.15, 0.2) is 5.82 Å². The summed E-state index contributed by atoms with van der Waals surface area (Å²) in [6.45, 7) is 3.80. The van der Waals surface area contributed by atoms with Gasteiger partial charge < -0.3 is 5.32 Å². The van der Waals surface area contributed by atoms with Crippen molar-refractivity contribution in [1.29, 1.82) is 0 Å². The van der Waals surface area contributed by atoms with E-state index >= 15 is 0 Å². The molecule has 0 saturated heterocycles. The molecule has 1 atom stereocenters. The van der Waals surface area contributed by atoms with Crippen LogP contribution in [-0.4, -0.2) is 25.7 Å². The Bertz CT molecular complexity index is 1030. The quantitative estimate of drug-likeness (QED) is 0.766. The van der Waals surface area contributed by atoms with Crippen molar-refractivity contribution in [2.75, 3.05) is 5.32 Å².